The van der Waals surface area contributed by atoms with Crippen LogP contribution in [-0.2, 0) is 11.8 Å². The van der Waals surface area contributed by atoms with Gasteiger partial charge in [-0.25, -0.2) is 4.98 Å². The van der Waals surface area contributed by atoms with Gasteiger partial charge in [-0.1, -0.05) is 20.8 Å². The number of likely N-dealkylation sites (N-methyl/N-ethyl adjacent to an activating group) is 1. The normalized spacial score (nSPS) is 13.9. The van der Waals surface area contributed by atoms with Gasteiger partial charge >= 0.3 is 0 Å². The van der Waals surface area contributed by atoms with Crippen molar-refractivity contribution in [3.63, 3.8) is 0 Å². The minimum absolute atomic E-state index is 0.132. The van der Waals surface area contributed by atoms with Gasteiger partial charge in [-0.3, -0.25) is 0 Å². The first-order valence-corrected chi connectivity index (χ1v) is 6.40. The van der Waals surface area contributed by atoms with Gasteiger partial charge in [-0.2, -0.15) is 0 Å². The van der Waals surface area contributed by atoms with Crippen molar-refractivity contribution in [3.05, 3.63) is 18.2 Å². The topological polar surface area (TPSA) is 39.1 Å². The Balaban J connectivity index is 3.11. The SMILES string of the molecule is CCNC(c1nccn1C)C(CC)(CC)OC. The predicted molar refractivity (Wildman–Crippen MR) is 69.9 cm³/mol. The molecule has 0 saturated heterocycles. The van der Waals surface area contributed by atoms with Gasteiger partial charge in [0.1, 0.15) is 5.82 Å². The molecule has 98 valence electrons. The van der Waals surface area contributed by atoms with E-state index in [4.69, 9.17) is 4.74 Å². The smallest absolute Gasteiger partial charge is 0.128 e. The maximum absolute atomic E-state index is 5.81. The number of rotatable bonds is 7. The second-order valence-electron chi connectivity index (χ2n) is 4.36. The number of aromatic nitrogens is 2. The highest BCUT2D eigenvalue weighted by atomic mass is 16.5. The largest absolute Gasteiger partial charge is 0.376 e. The van der Waals surface area contributed by atoms with E-state index >= 15 is 0 Å². The van der Waals surface area contributed by atoms with Crippen LogP contribution in [0.15, 0.2) is 12.4 Å². The molecule has 1 aromatic heterocycles. The highest BCUT2D eigenvalue weighted by molar-refractivity contribution is 5.07. The molecule has 0 saturated carbocycles. The molecule has 1 rings (SSSR count). The number of aryl methyl sites for hydroxylation is 1. The summed E-state index contributed by atoms with van der Waals surface area (Å²) in [5.74, 6) is 1.04. The summed E-state index contributed by atoms with van der Waals surface area (Å²) in [5, 5.41) is 3.51. The van der Waals surface area contributed by atoms with Crippen LogP contribution in [-0.4, -0.2) is 28.8 Å². The molecule has 4 nitrogen and oxygen atoms in total. The number of hydrogen-bond acceptors (Lipinski definition) is 3. The van der Waals surface area contributed by atoms with Crippen LogP contribution < -0.4 is 5.32 Å². The maximum Gasteiger partial charge on any atom is 0.128 e. The van der Waals surface area contributed by atoms with Gasteiger partial charge in [0, 0.05) is 26.6 Å². The van der Waals surface area contributed by atoms with Crippen molar-refractivity contribution in [2.24, 2.45) is 7.05 Å². The first-order chi connectivity index (χ1) is 8.15. The van der Waals surface area contributed by atoms with E-state index in [1.807, 2.05) is 19.4 Å². The first kappa shape index (κ1) is 14.2. The Bertz CT molecular complexity index is 323. The minimum atomic E-state index is -0.185. The summed E-state index contributed by atoms with van der Waals surface area (Å²) in [5.41, 5.74) is -0.185. The summed E-state index contributed by atoms with van der Waals surface area (Å²) in [6.45, 7) is 7.35. The standard InChI is InChI=1S/C13H25N3O/c1-6-13(7-2,17-5)11(14-8-3)12-15-9-10-16(12)4/h9-11,14H,6-8H2,1-5H3. The Morgan fingerprint density at radius 1 is 1.41 bits per heavy atom. The Hall–Kier alpha value is -0.870. The fourth-order valence-corrected chi connectivity index (χ4v) is 2.44. The lowest BCUT2D eigenvalue weighted by Gasteiger charge is -2.38. The first-order valence-electron chi connectivity index (χ1n) is 6.40. The molecule has 0 amide bonds. The van der Waals surface area contributed by atoms with Crippen LogP contribution >= 0.6 is 0 Å². The maximum atomic E-state index is 5.81. The minimum Gasteiger partial charge on any atom is -0.376 e. The van der Waals surface area contributed by atoms with E-state index in [1.165, 1.54) is 0 Å². The lowest BCUT2D eigenvalue weighted by atomic mass is 9.87. The van der Waals surface area contributed by atoms with E-state index < -0.39 is 0 Å². The molecule has 0 radical (unpaired) electrons. The lowest BCUT2D eigenvalue weighted by Crippen LogP contribution is -2.46. The molecule has 0 aliphatic rings. The zero-order chi connectivity index (χ0) is 12.9. The second-order valence-corrected chi connectivity index (χ2v) is 4.36. The third kappa shape index (κ3) is 2.69. The average molecular weight is 239 g/mol. The highest BCUT2D eigenvalue weighted by Crippen LogP contribution is 2.33. The molecule has 17 heavy (non-hydrogen) atoms. The summed E-state index contributed by atoms with van der Waals surface area (Å²) in [7, 11) is 3.82. The molecule has 1 atom stereocenters. The number of methoxy groups -OCH3 is 1. The third-order valence-corrected chi connectivity index (χ3v) is 3.65. The summed E-state index contributed by atoms with van der Waals surface area (Å²) in [6, 6.07) is 0.132. The van der Waals surface area contributed by atoms with Crippen molar-refractivity contribution < 1.29 is 4.74 Å². The van der Waals surface area contributed by atoms with Gasteiger partial charge in [0.15, 0.2) is 0 Å². The molecule has 0 bridgehead atoms. The number of nitrogens with zero attached hydrogens (tertiary/aromatic N) is 2. The summed E-state index contributed by atoms with van der Waals surface area (Å²) in [6.07, 6.45) is 5.74. The fourth-order valence-electron chi connectivity index (χ4n) is 2.44. The van der Waals surface area contributed by atoms with Crippen LogP contribution in [0.3, 0.4) is 0 Å². The van der Waals surface area contributed by atoms with Gasteiger partial charge in [-0.15, -0.1) is 0 Å². The van der Waals surface area contributed by atoms with E-state index in [9.17, 15) is 0 Å². The molecule has 1 heterocycles. The van der Waals surface area contributed by atoms with Crippen LogP contribution in [0.1, 0.15) is 45.5 Å². The number of imidazole rings is 1. The molecule has 1 N–H and O–H groups in total. The summed E-state index contributed by atoms with van der Waals surface area (Å²) < 4.78 is 7.88. The summed E-state index contributed by atoms with van der Waals surface area (Å²) >= 11 is 0. The van der Waals surface area contributed by atoms with E-state index in [-0.39, 0.29) is 11.6 Å². The second kappa shape index (κ2) is 6.17. The lowest BCUT2D eigenvalue weighted by molar-refractivity contribution is -0.0510. The zero-order valence-corrected chi connectivity index (χ0v) is 11.7. The van der Waals surface area contributed by atoms with Crippen molar-refractivity contribution in [1.29, 1.82) is 0 Å². The van der Waals surface area contributed by atoms with Gasteiger partial charge < -0.3 is 14.6 Å². The van der Waals surface area contributed by atoms with Crippen LogP contribution in [0.4, 0.5) is 0 Å². The quantitative estimate of drug-likeness (QED) is 0.793. The van der Waals surface area contributed by atoms with Crippen LogP contribution in [0, 0.1) is 0 Å². The predicted octanol–water partition coefficient (Wildman–Crippen LogP) is 2.28. The van der Waals surface area contributed by atoms with E-state index in [1.54, 1.807) is 7.11 Å². The Morgan fingerprint density at radius 3 is 2.41 bits per heavy atom. The molecule has 0 fully saturated rings. The molecule has 0 spiro atoms. The van der Waals surface area contributed by atoms with Gasteiger partial charge in [0.05, 0.1) is 11.6 Å². The molecule has 0 aliphatic heterocycles. The average Bonchev–Trinajstić information content (AvgIpc) is 2.77. The molecule has 0 aliphatic carbocycles. The third-order valence-electron chi connectivity index (χ3n) is 3.65. The molecule has 1 aromatic rings. The van der Waals surface area contributed by atoms with E-state index in [0.29, 0.717) is 0 Å². The zero-order valence-electron chi connectivity index (χ0n) is 11.7. The van der Waals surface area contributed by atoms with Gasteiger partial charge in [0.2, 0.25) is 0 Å². The Kier molecular flexibility index (Phi) is 5.15. The van der Waals surface area contributed by atoms with Crippen LogP contribution in [0.25, 0.3) is 0 Å². The molecule has 0 aromatic carbocycles. The highest BCUT2D eigenvalue weighted by Gasteiger charge is 2.38. The van der Waals surface area contributed by atoms with Crippen molar-refractivity contribution in [2.45, 2.75) is 45.3 Å². The summed E-state index contributed by atoms with van der Waals surface area (Å²) in [4.78, 5) is 4.46. The van der Waals surface area contributed by atoms with E-state index in [0.717, 1.165) is 25.2 Å². The van der Waals surface area contributed by atoms with E-state index in [2.05, 4.69) is 35.6 Å². The molecule has 1 unspecified atom stereocenters. The van der Waals surface area contributed by atoms with Gasteiger partial charge in [0.25, 0.3) is 0 Å². The molecular formula is C13H25N3O. The van der Waals surface area contributed by atoms with Crippen molar-refractivity contribution in [1.82, 2.24) is 14.9 Å². The van der Waals surface area contributed by atoms with Crippen molar-refractivity contribution >= 4 is 0 Å². The number of ether oxygens (including phenoxy) is 1. The molecular weight excluding hydrogens is 214 g/mol. The Labute approximate surface area is 104 Å². The monoisotopic (exact) mass is 239 g/mol. The Morgan fingerprint density at radius 2 is 2.06 bits per heavy atom. The number of nitrogens with one attached hydrogen (secondary N) is 1. The van der Waals surface area contributed by atoms with Crippen LogP contribution in [0.2, 0.25) is 0 Å². The molecule has 4 heteroatoms. The van der Waals surface area contributed by atoms with Gasteiger partial charge in [-0.05, 0) is 19.4 Å². The van der Waals surface area contributed by atoms with Crippen molar-refractivity contribution in [3.8, 4) is 0 Å². The van der Waals surface area contributed by atoms with Crippen LogP contribution in [0.5, 0.6) is 0 Å². The van der Waals surface area contributed by atoms with Crippen molar-refractivity contribution in [2.75, 3.05) is 13.7 Å². The number of hydrogen-bond donors (Lipinski definition) is 1. The fraction of sp³-hybridized carbons (Fsp3) is 0.769.